The Balaban J connectivity index is 1.85. The third kappa shape index (κ3) is 4.73. The standard InChI is InChI=1S/C26H25N4O6S2/c1-17-7-9-19(10-8-17)23(32)28-30(24(37)26(25(33)34)13-4-14-29(26)22(31)16-27)38(35,36)21-12-11-18-5-2-3-6-20(18)15-21/h2-3,5-12,15H,1,4,13-14,16,27H2,(H,28,32)(H,33,34)/t26-/m1/s1. The lowest BCUT2D eigenvalue weighted by molar-refractivity contribution is -0.151. The van der Waals surface area contributed by atoms with Crippen molar-refractivity contribution in [1.82, 2.24) is 14.7 Å². The number of hydrogen-bond acceptors (Lipinski definition) is 7. The van der Waals surface area contributed by atoms with Gasteiger partial charge in [0.2, 0.25) is 5.91 Å². The van der Waals surface area contributed by atoms with Crippen LogP contribution in [-0.2, 0) is 19.6 Å². The molecule has 4 N–H and O–H groups in total. The minimum atomic E-state index is -4.65. The SMILES string of the molecule is [CH2]c1ccc(C(=O)NN(C(=S)[C@@]2(C(=O)O)CCCN2C(=O)CN)S(=O)(=O)c2ccc3ccccc3c2)cc1. The number of nitrogens with one attached hydrogen (secondary N) is 1. The van der Waals surface area contributed by atoms with Crippen LogP contribution in [-0.4, -0.2) is 64.2 Å². The first-order chi connectivity index (χ1) is 18.0. The summed E-state index contributed by atoms with van der Waals surface area (Å²) in [6, 6.07) is 17.4. The van der Waals surface area contributed by atoms with E-state index in [2.05, 4.69) is 12.3 Å². The fourth-order valence-electron chi connectivity index (χ4n) is 4.44. The number of carbonyl (C=O) groups is 3. The van der Waals surface area contributed by atoms with E-state index in [1.54, 1.807) is 42.5 Å². The summed E-state index contributed by atoms with van der Waals surface area (Å²) in [6.45, 7) is 3.26. The van der Waals surface area contributed by atoms with Crippen molar-refractivity contribution in [2.45, 2.75) is 23.3 Å². The minimum absolute atomic E-state index is 0.00520. The van der Waals surface area contributed by atoms with Crippen molar-refractivity contribution in [3.8, 4) is 0 Å². The first-order valence-electron chi connectivity index (χ1n) is 11.6. The molecule has 2 amide bonds. The Labute approximate surface area is 225 Å². The first kappa shape index (κ1) is 27.2. The second kappa shape index (κ2) is 10.5. The van der Waals surface area contributed by atoms with Gasteiger partial charge in [0.15, 0.2) is 10.5 Å². The zero-order valence-electron chi connectivity index (χ0n) is 20.2. The Bertz CT molecular complexity index is 1540. The molecule has 0 bridgehead atoms. The number of carbonyl (C=O) groups excluding carboxylic acids is 2. The Kier molecular flexibility index (Phi) is 7.49. The highest BCUT2D eigenvalue weighted by atomic mass is 32.2. The second-order valence-corrected chi connectivity index (χ2v) is 10.9. The maximum Gasteiger partial charge on any atom is 0.336 e. The number of aliphatic carboxylic acids is 1. The van der Waals surface area contributed by atoms with E-state index in [-0.39, 0.29) is 29.8 Å². The van der Waals surface area contributed by atoms with E-state index in [9.17, 15) is 27.9 Å². The third-order valence-electron chi connectivity index (χ3n) is 6.43. The van der Waals surface area contributed by atoms with Gasteiger partial charge in [-0.3, -0.25) is 9.59 Å². The maximum absolute atomic E-state index is 14.0. The molecule has 1 atom stereocenters. The number of thiocarbonyl (C=S) groups is 1. The number of carboxylic acids is 1. The second-order valence-electron chi connectivity index (χ2n) is 8.74. The van der Waals surface area contributed by atoms with E-state index in [1.165, 1.54) is 24.3 Å². The van der Waals surface area contributed by atoms with Crippen molar-refractivity contribution in [1.29, 1.82) is 0 Å². The van der Waals surface area contributed by atoms with E-state index in [4.69, 9.17) is 18.0 Å². The summed E-state index contributed by atoms with van der Waals surface area (Å²) in [4.78, 5) is 38.5. The van der Waals surface area contributed by atoms with Gasteiger partial charge >= 0.3 is 5.97 Å². The van der Waals surface area contributed by atoms with Gasteiger partial charge < -0.3 is 15.7 Å². The number of hydrazine groups is 1. The summed E-state index contributed by atoms with van der Waals surface area (Å²) in [7, 11) is -4.65. The van der Waals surface area contributed by atoms with Crippen LogP contribution in [0.1, 0.15) is 28.8 Å². The third-order valence-corrected chi connectivity index (χ3v) is 8.67. The molecule has 0 unspecified atom stereocenters. The molecule has 1 radical (unpaired) electrons. The van der Waals surface area contributed by atoms with Crippen molar-refractivity contribution in [3.05, 3.63) is 84.8 Å². The highest BCUT2D eigenvalue weighted by molar-refractivity contribution is 7.91. The summed E-state index contributed by atoms with van der Waals surface area (Å²) in [5.74, 6) is -3.10. The van der Waals surface area contributed by atoms with Crippen LogP contribution in [0.15, 0.2) is 71.6 Å². The van der Waals surface area contributed by atoms with Gasteiger partial charge in [-0.05, 0) is 60.4 Å². The molecular formula is C26H25N4O6S2. The highest BCUT2D eigenvalue weighted by Crippen LogP contribution is 2.34. The number of rotatable bonds is 6. The molecule has 12 heteroatoms. The maximum atomic E-state index is 14.0. The molecular weight excluding hydrogens is 528 g/mol. The zero-order chi connectivity index (χ0) is 27.7. The molecule has 0 aromatic heterocycles. The van der Waals surface area contributed by atoms with Crippen molar-refractivity contribution in [2.75, 3.05) is 13.1 Å². The average molecular weight is 554 g/mol. The predicted octanol–water partition coefficient (Wildman–Crippen LogP) is 2.09. The summed E-state index contributed by atoms with van der Waals surface area (Å²) < 4.78 is 28.4. The van der Waals surface area contributed by atoms with E-state index in [1.807, 2.05) is 0 Å². The van der Waals surface area contributed by atoms with Crippen molar-refractivity contribution in [2.24, 2.45) is 5.73 Å². The molecule has 0 aliphatic carbocycles. The lowest BCUT2D eigenvalue weighted by Crippen LogP contribution is -2.66. The van der Waals surface area contributed by atoms with Crippen LogP contribution in [0.2, 0.25) is 0 Å². The lowest BCUT2D eigenvalue weighted by Gasteiger charge is -2.39. The van der Waals surface area contributed by atoms with E-state index in [0.29, 0.717) is 15.4 Å². The number of nitrogens with zero attached hydrogens (tertiary/aromatic N) is 2. The lowest BCUT2D eigenvalue weighted by atomic mass is 9.96. The van der Waals surface area contributed by atoms with Crippen LogP contribution in [0.5, 0.6) is 0 Å². The van der Waals surface area contributed by atoms with Gasteiger partial charge in [0.1, 0.15) is 0 Å². The number of benzene rings is 3. The van der Waals surface area contributed by atoms with Gasteiger partial charge in [-0.25, -0.2) is 10.2 Å². The van der Waals surface area contributed by atoms with E-state index < -0.39 is 44.9 Å². The van der Waals surface area contributed by atoms with Crippen LogP contribution >= 0.6 is 12.2 Å². The average Bonchev–Trinajstić information content (AvgIpc) is 3.37. The molecule has 1 aliphatic heterocycles. The molecule has 0 saturated carbocycles. The molecule has 1 heterocycles. The van der Waals surface area contributed by atoms with Gasteiger partial charge in [-0.2, -0.15) is 12.8 Å². The number of nitrogens with two attached hydrogens (primary N) is 1. The number of carboxylic acid groups (broad SMARTS) is 1. The van der Waals surface area contributed by atoms with Gasteiger partial charge in [0, 0.05) is 12.1 Å². The van der Waals surface area contributed by atoms with Crippen molar-refractivity contribution >= 4 is 55.8 Å². The zero-order valence-corrected chi connectivity index (χ0v) is 21.8. The quantitative estimate of drug-likeness (QED) is 0.310. The highest BCUT2D eigenvalue weighted by Gasteiger charge is 2.57. The minimum Gasteiger partial charge on any atom is -0.479 e. The Morgan fingerprint density at radius 1 is 1.08 bits per heavy atom. The summed E-state index contributed by atoms with van der Waals surface area (Å²) >= 11 is 5.51. The number of likely N-dealkylation sites (tertiary alicyclic amines) is 1. The van der Waals surface area contributed by atoms with Crippen molar-refractivity contribution in [3.63, 3.8) is 0 Å². The van der Waals surface area contributed by atoms with Crippen LogP contribution in [0.4, 0.5) is 0 Å². The molecule has 1 saturated heterocycles. The molecule has 4 rings (SSSR count). The number of sulfonamides is 1. The van der Waals surface area contributed by atoms with Gasteiger partial charge in [0.05, 0.1) is 11.4 Å². The van der Waals surface area contributed by atoms with E-state index >= 15 is 0 Å². The predicted molar refractivity (Wildman–Crippen MR) is 144 cm³/mol. The molecule has 10 nitrogen and oxygen atoms in total. The molecule has 3 aromatic rings. The number of hydrogen-bond donors (Lipinski definition) is 3. The Morgan fingerprint density at radius 3 is 2.37 bits per heavy atom. The fraction of sp³-hybridized carbons (Fsp3) is 0.192. The number of amides is 2. The smallest absolute Gasteiger partial charge is 0.336 e. The van der Waals surface area contributed by atoms with Crippen LogP contribution < -0.4 is 11.2 Å². The van der Waals surface area contributed by atoms with Crippen LogP contribution in [0.25, 0.3) is 10.8 Å². The summed E-state index contributed by atoms with van der Waals surface area (Å²) in [5.41, 5.74) is 6.29. The normalized spacial score (nSPS) is 17.3. The van der Waals surface area contributed by atoms with Gasteiger partial charge in [0.25, 0.3) is 15.9 Å². The molecule has 197 valence electrons. The monoisotopic (exact) mass is 553 g/mol. The van der Waals surface area contributed by atoms with Crippen molar-refractivity contribution < 1.29 is 27.9 Å². The molecule has 1 fully saturated rings. The van der Waals surface area contributed by atoms with Crippen LogP contribution in [0, 0.1) is 6.92 Å². The van der Waals surface area contributed by atoms with Crippen LogP contribution in [0.3, 0.4) is 0 Å². The van der Waals surface area contributed by atoms with Gasteiger partial charge in [-0.15, -0.1) is 0 Å². The summed E-state index contributed by atoms with van der Waals surface area (Å²) in [5, 5.41) is 11.7. The number of fused-ring (bicyclic) bond motifs is 1. The molecule has 3 aromatic carbocycles. The van der Waals surface area contributed by atoms with E-state index in [0.717, 1.165) is 10.3 Å². The van der Waals surface area contributed by atoms with Gasteiger partial charge in [-0.1, -0.05) is 54.7 Å². The molecule has 38 heavy (non-hydrogen) atoms. The molecule has 0 spiro atoms. The summed E-state index contributed by atoms with van der Waals surface area (Å²) in [6.07, 6.45) is 0.0731. The fourth-order valence-corrected chi connectivity index (χ4v) is 6.38. The Morgan fingerprint density at radius 2 is 1.74 bits per heavy atom. The molecule has 1 aliphatic rings. The Hall–Kier alpha value is -3.87. The topological polar surface area (TPSA) is 150 Å². The largest absolute Gasteiger partial charge is 0.479 e. The first-order valence-corrected chi connectivity index (χ1v) is 13.4.